The van der Waals surface area contributed by atoms with Gasteiger partial charge in [-0.05, 0) is 55.7 Å². The number of fused-ring (bicyclic) bond motifs is 1. The largest absolute Gasteiger partial charge is 0.496 e. The predicted octanol–water partition coefficient (Wildman–Crippen LogP) is 1.71. The number of benzene rings is 1. The van der Waals surface area contributed by atoms with Crippen molar-refractivity contribution in [2.45, 2.75) is 57.2 Å². The van der Waals surface area contributed by atoms with Crippen molar-refractivity contribution in [2.75, 3.05) is 7.11 Å². The molecule has 4 N–H and O–H groups in total. The van der Waals surface area contributed by atoms with Crippen molar-refractivity contribution in [1.82, 2.24) is 5.32 Å². The van der Waals surface area contributed by atoms with Gasteiger partial charge in [0.05, 0.1) is 13.2 Å². The van der Waals surface area contributed by atoms with Crippen molar-refractivity contribution in [3.63, 3.8) is 0 Å². The molecular weight excluding hydrogens is 328 g/mol. The molecule has 0 heterocycles. The van der Waals surface area contributed by atoms with E-state index in [2.05, 4.69) is 17.4 Å². The third-order valence-corrected chi connectivity index (χ3v) is 5.19. The molecule has 3 rings (SSSR count). The molecule has 3 atom stereocenters. The van der Waals surface area contributed by atoms with E-state index in [1.54, 1.807) is 7.11 Å². The van der Waals surface area contributed by atoms with E-state index in [1.807, 2.05) is 0 Å². The number of rotatable bonds is 4. The molecule has 0 spiro atoms. The van der Waals surface area contributed by atoms with Crippen molar-refractivity contribution >= 4 is 18.3 Å². The van der Waals surface area contributed by atoms with E-state index in [1.165, 1.54) is 17.5 Å². The smallest absolute Gasteiger partial charge is 0.223 e. The highest BCUT2D eigenvalue weighted by molar-refractivity contribution is 5.85. The maximum Gasteiger partial charge on any atom is 0.223 e. The van der Waals surface area contributed by atoms with Crippen molar-refractivity contribution in [1.29, 1.82) is 0 Å². The van der Waals surface area contributed by atoms with Gasteiger partial charge in [0.15, 0.2) is 0 Å². The lowest BCUT2D eigenvalue weighted by atomic mass is 9.84. The van der Waals surface area contributed by atoms with Gasteiger partial charge in [-0.3, -0.25) is 4.79 Å². The van der Waals surface area contributed by atoms with Crippen LogP contribution in [-0.2, 0) is 24.2 Å². The molecule has 2 aliphatic carbocycles. The number of methoxy groups -OCH3 is 1. The molecule has 24 heavy (non-hydrogen) atoms. The molecule has 6 heteroatoms. The highest BCUT2D eigenvalue weighted by Gasteiger charge is 2.30. The summed E-state index contributed by atoms with van der Waals surface area (Å²) in [5.41, 5.74) is 9.55. The van der Waals surface area contributed by atoms with Crippen LogP contribution in [0.15, 0.2) is 12.1 Å². The second kappa shape index (κ2) is 8.19. The Kier molecular flexibility index (Phi) is 6.49. The number of aliphatic hydroxyl groups is 1. The fourth-order valence-corrected chi connectivity index (χ4v) is 3.72. The second-order valence-corrected chi connectivity index (χ2v) is 6.75. The third kappa shape index (κ3) is 4.02. The van der Waals surface area contributed by atoms with Crippen LogP contribution in [0.4, 0.5) is 0 Å². The molecular formula is C18H27ClN2O3. The lowest BCUT2D eigenvalue weighted by Gasteiger charge is -2.30. The molecule has 1 aromatic carbocycles. The molecule has 1 saturated carbocycles. The van der Waals surface area contributed by atoms with E-state index in [-0.39, 0.29) is 30.3 Å². The van der Waals surface area contributed by atoms with Gasteiger partial charge in [-0.1, -0.05) is 6.07 Å². The van der Waals surface area contributed by atoms with Gasteiger partial charge in [-0.2, -0.15) is 0 Å². The van der Waals surface area contributed by atoms with Gasteiger partial charge in [-0.15, -0.1) is 12.4 Å². The number of hydrogen-bond donors (Lipinski definition) is 3. The fourth-order valence-electron chi connectivity index (χ4n) is 3.72. The Morgan fingerprint density at radius 1 is 1.33 bits per heavy atom. The van der Waals surface area contributed by atoms with Gasteiger partial charge in [0.25, 0.3) is 0 Å². The quantitative estimate of drug-likeness (QED) is 0.768. The van der Waals surface area contributed by atoms with E-state index in [9.17, 15) is 9.90 Å². The second-order valence-electron chi connectivity index (χ2n) is 6.75. The summed E-state index contributed by atoms with van der Waals surface area (Å²) in [4.78, 5) is 12.4. The van der Waals surface area contributed by atoms with E-state index >= 15 is 0 Å². The average Bonchev–Trinajstić information content (AvgIpc) is 3.01. The first-order valence-corrected chi connectivity index (χ1v) is 8.48. The highest BCUT2D eigenvalue weighted by Crippen LogP contribution is 2.30. The first kappa shape index (κ1) is 19.0. The van der Waals surface area contributed by atoms with Crippen LogP contribution < -0.4 is 15.8 Å². The van der Waals surface area contributed by atoms with Gasteiger partial charge < -0.3 is 20.9 Å². The van der Waals surface area contributed by atoms with Crippen LogP contribution in [-0.4, -0.2) is 30.3 Å². The Labute approximate surface area is 149 Å². The summed E-state index contributed by atoms with van der Waals surface area (Å²) in [6.45, 7) is 0.466. The normalized spacial score (nSPS) is 25.5. The molecule has 0 saturated heterocycles. The molecule has 1 aromatic rings. The Balaban J connectivity index is 0.00000208. The summed E-state index contributed by atoms with van der Waals surface area (Å²) in [5, 5.41) is 12.8. The van der Waals surface area contributed by atoms with Crippen LogP contribution in [0.3, 0.4) is 0 Å². The van der Waals surface area contributed by atoms with E-state index < -0.39 is 6.10 Å². The fraction of sp³-hybridized carbons (Fsp3) is 0.611. The molecule has 0 aliphatic heterocycles. The van der Waals surface area contributed by atoms with Gasteiger partial charge in [0.2, 0.25) is 5.91 Å². The minimum Gasteiger partial charge on any atom is -0.496 e. The van der Waals surface area contributed by atoms with Crippen LogP contribution in [0.25, 0.3) is 0 Å². The number of ether oxygens (including phenoxy) is 1. The predicted molar refractivity (Wildman–Crippen MR) is 95.4 cm³/mol. The molecule has 0 bridgehead atoms. The minimum atomic E-state index is -0.575. The Bertz CT molecular complexity index is 594. The molecule has 0 unspecified atom stereocenters. The van der Waals surface area contributed by atoms with Gasteiger partial charge in [0, 0.05) is 24.1 Å². The standard InChI is InChI=1S/C18H26N2O3.ClH/c1-23-17-9-12-4-2-3-11(12)7-14(17)10-20-18(22)13-5-6-15(19)16(21)8-13;/h7,9,13,15-16,21H,2-6,8,10,19H2,1H3,(H,20,22);1H/t13-,15-,16-;/m0./s1. The lowest BCUT2D eigenvalue weighted by Crippen LogP contribution is -2.44. The van der Waals surface area contributed by atoms with Gasteiger partial charge in [0.1, 0.15) is 5.75 Å². The first-order valence-electron chi connectivity index (χ1n) is 8.48. The van der Waals surface area contributed by atoms with Crippen molar-refractivity contribution in [3.05, 3.63) is 28.8 Å². The summed E-state index contributed by atoms with van der Waals surface area (Å²) in [6, 6.07) is 4.07. The third-order valence-electron chi connectivity index (χ3n) is 5.19. The van der Waals surface area contributed by atoms with Gasteiger partial charge >= 0.3 is 0 Å². The molecule has 0 radical (unpaired) electrons. The maximum atomic E-state index is 12.4. The van der Waals surface area contributed by atoms with Crippen molar-refractivity contribution < 1.29 is 14.6 Å². The number of aryl methyl sites for hydroxylation is 2. The van der Waals surface area contributed by atoms with Crippen LogP contribution in [0, 0.1) is 5.92 Å². The van der Waals surface area contributed by atoms with E-state index in [0.717, 1.165) is 30.6 Å². The van der Waals surface area contributed by atoms with Crippen LogP contribution >= 0.6 is 12.4 Å². The monoisotopic (exact) mass is 354 g/mol. The molecule has 2 aliphatic rings. The first-order chi connectivity index (χ1) is 11.1. The zero-order valence-electron chi connectivity index (χ0n) is 14.1. The number of hydrogen-bond acceptors (Lipinski definition) is 4. The molecule has 5 nitrogen and oxygen atoms in total. The molecule has 1 fully saturated rings. The Morgan fingerprint density at radius 2 is 2.04 bits per heavy atom. The lowest BCUT2D eigenvalue weighted by molar-refractivity contribution is -0.127. The summed E-state index contributed by atoms with van der Waals surface area (Å²) in [6.07, 6.45) is 4.72. The van der Waals surface area contributed by atoms with E-state index in [4.69, 9.17) is 10.5 Å². The van der Waals surface area contributed by atoms with Crippen molar-refractivity contribution in [3.8, 4) is 5.75 Å². The Hall–Kier alpha value is -1.30. The zero-order valence-corrected chi connectivity index (χ0v) is 14.9. The number of aliphatic hydroxyl groups excluding tert-OH is 1. The summed E-state index contributed by atoms with van der Waals surface area (Å²) < 4.78 is 5.47. The minimum absolute atomic E-state index is 0. The van der Waals surface area contributed by atoms with E-state index in [0.29, 0.717) is 19.4 Å². The number of nitrogens with two attached hydrogens (primary N) is 1. The van der Waals surface area contributed by atoms with Crippen LogP contribution in [0.1, 0.15) is 42.4 Å². The number of nitrogens with one attached hydrogen (secondary N) is 1. The summed E-state index contributed by atoms with van der Waals surface area (Å²) in [5.74, 6) is 0.695. The number of amides is 1. The number of carbonyl (C=O) groups excluding carboxylic acids is 1. The summed E-state index contributed by atoms with van der Waals surface area (Å²) in [7, 11) is 1.67. The summed E-state index contributed by atoms with van der Waals surface area (Å²) >= 11 is 0. The number of halogens is 1. The van der Waals surface area contributed by atoms with Crippen LogP contribution in [0.5, 0.6) is 5.75 Å². The highest BCUT2D eigenvalue weighted by atomic mass is 35.5. The molecule has 134 valence electrons. The topological polar surface area (TPSA) is 84.6 Å². The Morgan fingerprint density at radius 3 is 2.71 bits per heavy atom. The average molecular weight is 355 g/mol. The number of carbonyl (C=O) groups is 1. The van der Waals surface area contributed by atoms with Gasteiger partial charge in [-0.25, -0.2) is 0 Å². The molecule has 1 amide bonds. The SMILES string of the molecule is COc1cc2c(cc1CNC(=O)[C@H]1CC[C@H](N)[C@@H](O)C1)CCC2.Cl. The maximum absolute atomic E-state index is 12.4. The van der Waals surface area contributed by atoms with Crippen LogP contribution in [0.2, 0.25) is 0 Å². The van der Waals surface area contributed by atoms with Crippen molar-refractivity contribution in [2.24, 2.45) is 11.7 Å². The zero-order chi connectivity index (χ0) is 16.4. The molecule has 0 aromatic heterocycles.